The molecule has 0 fully saturated rings. The van der Waals surface area contributed by atoms with Crippen LogP contribution < -0.4 is 11.1 Å². The Bertz CT molecular complexity index is 586. The normalized spacial score (nSPS) is 17.5. The van der Waals surface area contributed by atoms with Gasteiger partial charge in [0.15, 0.2) is 0 Å². The molecule has 5 nitrogen and oxygen atoms in total. The van der Waals surface area contributed by atoms with Gasteiger partial charge in [-0.05, 0) is 36.1 Å². The van der Waals surface area contributed by atoms with Gasteiger partial charge in [-0.3, -0.25) is 0 Å². The molecule has 3 N–H and O–H groups in total. The van der Waals surface area contributed by atoms with E-state index in [1.807, 2.05) is 6.07 Å². The second-order valence-electron chi connectivity index (χ2n) is 4.25. The number of nitrogens with zero attached hydrogens (tertiary/aromatic N) is 3. The van der Waals surface area contributed by atoms with Crippen LogP contribution in [0.4, 0.5) is 16.3 Å². The van der Waals surface area contributed by atoms with E-state index in [0.717, 1.165) is 24.0 Å². The van der Waals surface area contributed by atoms with E-state index in [0.29, 0.717) is 5.95 Å². The molecule has 1 aliphatic carbocycles. The van der Waals surface area contributed by atoms with E-state index < -0.39 is 0 Å². The van der Waals surface area contributed by atoms with Gasteiger partial charge in [0.05, 0.1) is 6.04 Å². The Kier molecular flexibility index (Phi) is 2.55. The van der Waals surface area contributed by atoms with Gasteiger partial charge in [-0.2, -0.15) is 4.98 Å². The van der Waals surface area contributed by atoms with Crippen LogP contribution in [0.15, 0.2) is 24.5 Å². The maximum absolute atomic E-state index is 13.2. The summed E-state index contributed by atoms with van der Waals surface area (Å²) in [5, 5.41) is 3.16. The number of anilines is 2. The van der Waals surface area contributed by atoms with Gasteiger partial charge >= 0.3 is 0 Å². The predicted molar refractivity (Wildman–Crippen MR) is 65.3 cm³/mol. The summed E-state index contributed by atoms with van der Waals surface area (Å²) in [6, 6.07) is 4.90. The lowest BCUT2D eigenvalue weighted by atomic mass is 10.1. The third kappa shape index (κ3) is 1.97. The first-order chi connectivity index (χ1) is 8.72. The Labute approximate surface area is 103 Å². The Morgan fingerprint density at radius 3 is 3.06 bits per heavy atom. The van der Waals surface area contributed by atoms with Crippen molar-refractivity contribution in [2.24, 2.45) is 0 Å². The van der Waals surface area contributed by atoms with Crippen molar-refractivity contribution in [2.45, 2.75) is 18.9 Å². The number of rotatable bonds is 2. The third-order valence-electron chi connectivity index (χ3n) is 3.08. The van der Waals surface area contributed by atoms with Gasteiger partial charge in [0.1, 0.15) is 12.1 Å². The number of nitrogens with one attached hydrogen (secondary N) is 1. The molecule has 1 atom stereocenters. The highest BCUT2D eigenvalue weighted by atomic mass is 19.1. The first kappa shape index (κ1) is 10.9. The van der Waals surface area contributed by atoms with Gasteiger partial charge < -0.3 is 11.1 Å². The molecule has 18 heavy (non-hydrogen) atoms. The number of fused-ring (bicyclic) bond motifs is 1. The monoisotopic (exact) mass is 245 g/mol. The molecule has 0 saturated carbocycles. The molecule has 2 aromatic rings. The van der Waals surface area contributed by atoms with Crippen LogP contribution in [0.5, 0.6) is 0 Å². The molecular weight excluding hydrogens is 233 g/mol. The highest BCUT2D eigenvalue weighted by Gasteiger charge is 2.23. The third-order valence-corrected chi connectivity index (χ3v) is 3.08. The van der Waals surface area contributed by atoms with Crippen LogP contribution in [0.3, 0.4) is 0 Å². The summed E-state index contributed by atoms with van der Waals surface area (Å²) in [7, 11) is 0. The lowest BCUT2D eigenvalue weighted by Crippen LogP contribution is -2.11. The number of hydrogen-bond donors (Lipinski definition) is 2. The molecule has 3 rings (SSSR count). The number of nitrogen functional groups attached to an aromatic ring is 1. The summed E-state index contributed by atoms with van der Waals surface area (Å²) < 4.78 is 13.2. The number of aromatic nitrogens is 3. The van der Waals surface area contributed by atoms with E-state index >= 15 is 0 Å². The number of aryl methyl sites for hydroxylation is 1. The molecule has 92 valence electrons. The average molecular weight is 245 g/mol. The lowest BCUT2D eigenvalue weighted by molar-refractivity contribution is 0.623. The van der Waals surface area contributed by atoms with Crippen molar-refractivity contribution in [3.63, 3.8) is 0 Å². The van der Waals surface area contributed by atoms with Gasteiger partial charge in [-0.1, -0.05) is 6.07 Å². The van der Waals surface area contributed by atoms with Gasteiger partial charge in [-0.15, -0.1) is 0 Å². The largest absolute Gasteiger partial charge is 0.368 e. The Morgan fingerprint density at radius 1 is 1.33 bits per heavy atom. The fourth-order valence-corrected chi connectivity index (χ4v) is 2.26. The number of nitrogens with two attached hydrogens (primary N) is 1. The standard InChI is InChI=1S/C12H12FN5/c13-8-3-1-7-2-4-10(9(7)5-8)17-12-16-6-15-11(14)18-12/h1,3,5-6,10H,2,4H2,(H3,14,15,16,17,18)/t10-/m1/s1. The highest BCUT2D eigenvalue weighted by Crippen LogP contribution is 2.33. The van der Waals surface area contributed by atoms with Crippen LogP contribution in [-0.4, -0.2) is 15.0 Å². The minimum atomic E-state index is -0.224. The molecule has 0 bridgehead atoms. The highest BCUT2D eigenvalue weighted by molar-refractivity contribution is 5.41. The van der Waals surface area contributed by atoms with Gasteiger partial charge in [0, 0.05) is 0 Å². The molecule has 0 saturated heterocycles. The average Bonchev–Trinajstić information content (AvgIpc) is 2.72. The van der Waals surface area contributed by atoms with E-state index in [1.165, 1.54) is 12.4 Å². The van der Waals surface area contributed by atoms with Crippen LogP contribution in [0.25, 0.3) is 0 Å². The summed E-state index contributed by atoms with van der Waals surface area (Å²) >= 11 is 0. The molecule has 6 heteroatoms. The molecule has 1 aromatic heterocycles. The molecule has 0 amide bonds. The minimum Gasteiger partial charge on any atom is -0.368 e. The van der Waals surface area contributed by atoms with Crippen LogP contribution in [0.1, 0.15) is 23.6 Å². The number of hydrogen-bond acceptors (Lipinski definition) is 5. The maximum atomic E-state index is 13.2. The predicted octanol–water partition coefficient (Wildman–Crippen LogP) is 1.69. The first-order valence-electron chi connectivity index (χ1n) is 5.72. The van der Waals surface area contributed by atoms with E-state index in [9.17, 15) is 4.39 Å². The SMILES string of the molecule is Nc1ncnc(N[C@@H]2CCc3ccc(F)cc32)n1. The zero-order chi connectivity index (χ0) is 12.5. The Hall–Kier alpha value is -2.24. The van der Waals surface area contributed by atoms with Crippen molar-refractivity contribution in [2.75, 3.05) is 11.1 Å². The van der Waals surface area contributed by atoms with E-state index in [2.05, 4.69) is 20.3 Å². The molecule has 0 aliphatic heterocycles. The molecule has 0 spiro atoms. The van der Waals surface area contributed by atoms with Crippen LogP contribution in [0.2, 0.25) is 0 Å². The lowest BCUT2D eigenvalue weighted by Gasteiger charge is -2.13. The van der Waals surface area contributed by atoms with Gasteiger partial charge in [0.2, 0.25) is 11.9 Å². The molecule has 1 aromatic carbocycles. The van der Waals surface area contributed by atoms with Crippen molar-refractivity contribution >= 4 is 11.9 Å². The van der Waals surface area contributed by atoms with Crippen molar-refractivity contribution in [1.29, 1.82) is 0 Å². The molecule has 1 heterocycles. The van der Waals surface area contributed by atoms with Crippen LogP contribution in [0, 0.1) is 5.82 Å². The van der Waals surface area contributed by atoms with E-state index in [4.69, 9.17) is 5.73 Å². The quantitative estimate of drug-likeness (QED) is 0.842. The van der Waals surface area contributed by atoms with Crippen LogP contribution in [-0.2, 0) is 6.42 Å². The Balaban J connectivity index is 1.86. The first-order valence-corrected chi connectivity index (χ1v) is 5.72. The van der Waals surface area contributed by atoms with E-state index in [1.54, 1.807) is 6.07 Å². The smallest absolute Gasteiger partial charge is 0.227 e. The summed E-state index contributed by atoms with van der Waals surface area (Å²) in [5.41, 5.74) is 7.62. The number of benzene rings is 1. The van der Waals surface area contributed by atoms with Crippen molar-refractivity contribution < 1.29 is 4.39 Å². The van der Waals surface area contributed by atoms with Crippen LogP contribution >= 0.6 is 0 Å². The summed E-state index contributed by atoms with van der Waals surface area (Å²) in [6.07, 6.45) is 3.17. The van der Waals surface area contributed by atoms with Crippen molar-refractivity contribution in [3.05, 3.63) is 41.5 Å². The maximum Gasteiger partial charge on any atom is 0.227 e. The summed E-state index contributed by atoms with van der Waals surface area (Å²) in [5.74, 6) is 0.368. The molecule has 1 aliphatic rings. The molecular formula is C12H12FN5. The van der Waals surface area contributed by atoms with E-state index in [-0.39, 0.29) is 17.8 Å². The summed E-state index contributed by atoms with van der Waals surface area (Å²) in [4.78, 5) is 11.7. The minimum absolute atomic E-state index is 0.0255. The second-order valence-corrected chi connectivity index (χ2v) is 4.25. The van der Waals surface area contributed by atoms with Gasteiger partial charge in [-0.25, -0.2) is 14.4 Å². The zero-order valence-corrected chi connectivity index (χ0v) is 9.60. The second kappa shape index (κ2) is 4.21. The fraction of sp³-hybridized carbons (Fsp3) is 0.250. The molecule has 0 radical (unpaired) electrons. The number of halogens is 1. The summed E-state index contributed by atoms with van der Waals surface area (Å²) in [6.45, 7) is 0. The topological polar surface area (TPSA) is 76.7 Å². The van der Waals surface area contributed by atoms with Crippen molar-refractivity contribution in [1.82, 2.24) is 15.0 Å². The molecule has 0 unspecified atom stereocenters. The zero-order valence-electron chi connectivity index (χ0n) is 9.60. The van der Waals surface area contributed by atoms with Crippen molar-refractivity contribution in [3.8, 4) is 0 Å². The Morgan fingerprint density at radius 2 is 2.22 bits per heavy atom. The fourth-order valence-electron chi connectivity index (χ4n) is 2.26. The van der Waals surface area contributed by atoms with Gasteiger partial charge in [0.25, 0.3) is 0 Å².